The van der Waals surface area contributed by atoms with Gasteiger partial charge in [0.05, 0.1) is 9.79 Å². The van der Waals surface area contributed by atoms with E-state index in [4.69, 9.17) is 5.14 Å². The van der Waals surface area contributed by atoms with Crippen molar-refractivity contribution < 1.29 is 16.8 Å². The van der Waals surface area contributed by atoms with Crippen molar-refractivity contribution in [3.8, 4) is 0 Å². The number of rotatable bonds is 7. The van der Waals surface area contributed by atoms with Gasteiger partial charge in [-0.25, -0.2) is 26.7 Å². The maximum absolute atomic E-state index is 12.3. The molecular formula is C16H20N2O4S2. The van der Waals surface area contributed by atoms with Gasteiger partial charge in [-0.2, -0.15) is 0 Å². The van der Waals surface area contributed by atoms with E-state index in [9.17, 15) is 16.8 Å². The summed E-state index contributed by atoms with van der Waals surface area (Å²) in [5.41, 5.74) is 1.14. The summed E-state index contributed by atoms with van der Waals surface area (Å²) in [6.45, 7) is 1.79. The van der Waals surface area contributed by atoms with Gasteiger partial charge in [0.25, 0.3) is 0 Å². The molecule has 0 aromatic heterocycles. The first-order chi connectivity index (χ1) is 11.2. The Morgan fingerprint density at radius 2 is 1.46 bits per heavy atom. The van der Waals surface area contributed by atoms with Crippen molar-refractivity contribution in [3.63, 3.8) is 0 Å². The van der Waals surface area contributed by atoms with E-state index in [2.05, 4.69) is 4.72 Å². The molecule has 6 nitrogen and oxygen atoms in total. The van der Waals surface area contributed by atoms with Crippen LogP contribution in [0.2, 0.25) is 0 Å². The van der Waals surface area contributed by atoms with Gasteiger partial charge >= 0.3 is 0 Å². The van der Waals surface area contributed by atoms with Crippen molar-refractivity contribution >= 4 is 20.0 Å². The number of nitrogens with one attached hydrogen (secondary N) is 1. The highest BCUT2D eigenvalue weighted by Gasteiger charge is 2.18. The molecule has 2 aromatic carbocycles. The number of nitrogens with two attached hydrogens (primary N) is 1. The topological polar surface area (TPSA) is 106 Å². The van der Waals surface area contributed by atoms with E-state index in [-0.39, 0.29) is 15.8 Å². The van der Waals surface area contributed by atoms with Gasteiger partial charge in [0, 0.05) is 6.04 Å². The molecule has 0 fully saturated rings. The van der Waals surface area contributed by atoms with Gasteiger partial charge < -0.3 is 0 Å². The summed E-state index contributed by atoms with van der Waals surface area (Å²) < 4.78 is 49.6. The van der Waals surface area contributed by atoms with E-state index in [1.54, 1.807) is 6.92 Å². The second kappa shape index (κ2) is 7.43. The average molecular weight is 368 g/mol. The third-order valence-electron chi connectivity index (χ3n) is 3.53. The van der Waals surface area contributed by atoms with Crippen LogP contribution in [0.15, 0.2) is 64.4 Å². The van der Waals surface area contributed by atoms with Crippen molar-refractivity contribution in [2.75, 3.05) is 0 Å². The molecule has 1 unspecified atom stereocenters. The maximum Gasteiger partial charge on any atom is 0.240 e. The van der Waals surface area contributed by atoms with Crippen LogP contribution in [0.5, 0.6) is 0 Å². The minimum absolute atomic E-state index is 0.00135. The first-order valence-electron chi connectivity index (χ1n) is 7.37. The number of benzene rings is 2. The predicted octanol–water partition coefficient (Wildman–Crippen LogP) is 1.63. The summed E-state index contributed by atoms with van der Waals surface area (Å²) in [6.07, 6.45) is 1.41. The highest BCUT2D eigenvalue weighted by Crippen LogP contribution is 2.14. The molecule has 0 saturated carbocycles. The molecule has 0 aliphatic rings. The SMILES string of the molecule is CC(CCc1ccccc1)NS(=O)(=O)c1ccc(S(N)(=O)=O)cc1. The van der Waals surface area contributed by atoms with Crippen LogP contribution in [0.3, 0.4) is 0 Å². The zero-order valence-electron chi connectivity index (χ0n) is 13.2. The predicted molar refractivity (Wildman–Crippen MR) is 92.4 cm³/mol. The van der Waals surface area contributed by atoms with E-state index in [1.807, 2.05) is 30.3 Å². The second-order valence-corrected chi connectivity index (χ2v) is 8.84. The van der Waals surface area contributed by atoms with Gasteiger partial charge in [-0.15, -0.1) is 0 Å². The third-order valence-corrected chi connectivity index (χ3v) is 6.06. The fourth-order valence-corrected chi connectivity index (χ4v) is 4.02. The van der Waals surface area contributed by atoms with Crippen molar-refractivity contribution in [2.24, 2.45) is 5.14 Å². The van der Waals surface area contributed by atoms with E-state index >= 15 is 0 Å². The number of aryl methyl sites for hydroxylation is 1. The minimum atomic E-state index is -3.84. The molecule has 24 heavy (non-hydrogen) atoms. The summed E-state index contributed by atoms with van der Waals surface area (Å²) in [7, 11) is -7.55. The quantitative estimate of drug-likeness (QED) is 0.774. The molecular weight excluding hydrogens is 348 g/mol. The highest BCUT2D eigenvalue weighted by atomic mass is 32.2. The van der Waals surface area contributed by atoms with Crippen molar-refractivity contribution in [3.05, 3.63) is 60.2 Å². The summed E-state index contributed by atoms with van der Waals surface area (Å²) in [5.74, 6) is 0. The molecule has 0 amide bonds. The molecule has 0 aliphatic carbocycles. The second-order valence-electron chi connectivity index (χ2n) is 5.56. The Bertz CT molecular complexity index is 877. The van der Waals surface area contributed by atoms with E-state index in [0.29, 0.717) is 6.42 Å². The number of hydrogen-bond acceptors (Lipinski definition) is 4. The Kier molecular flexibility index (Phi) is 5.76. The number of hydrogen-bond donors (Lipinski definition) is 2. The standard InChI is InChI=1S/C16H20N2O4S2/c1-13(7-8-14-5-3-2-4-6-14)18-24(21,22)16-11-9-15(10-12-16)23(17,19)20/h2-6,9-13,18H,7-8H2,1H3,(H2,17,19,20). The van der Waals surface area contributed by atoms with Crippen LogP contribution in [0.4, 0.5) is 0 Å². The fourth-order valence-electron chi connectivity index (χ4n) is 2.23. The molecule has 0 saturated heterocycles. The minimum Gasteiger partial charge on any atom is -0.225 e. The number of sulfonamides is 2. The Morgan fingerprint density at radius 1 is 0.917 bits per heavy atom. The van der Waals surface area contributed by atoms with Gasteiger partial charge in [-0.05, 0) is 49.6 Å². The molecule has 8 heteroatoms. The van der Waals surface area contributed by atoms with E-state index in [0.717, 1.165) is 12.0 Å². The fraction of sp³-hybridized carbons (Fsp3) is 0.250. The Balaban J connectivity index is 2.02. The molecule has 0 heterocycles. The summed E-state index contributed by atoms with van der Waals surface area (Å²) in [5, 5.41) is 5.00. The van der Waals surface area contributed by atoms with Crippen molar-refractivity contribution in [2.45, 2.75) is 35.6 Å². The Labute approximate surface area is 142 Å². The highest BCUT2D eigenvalue weighted by molar-refractivity contribution is 7.89. The molecule has 0 bridgehead atoms. The lowest BCUT2D eigenvalue weighted by atomic mass is 10.1. The van der Waals surface area contributed by atoms with Crippen LogP contribution in [0.1, 0.15) is 18.9 Å². The third kappa shape index (κ3) is 5.13. The van der Waals surface area contributed by atoms with Gasteiger partial charge in [-0.3, -0.25) is 0 Å². The molecule has 3 N–H and O–H groups in total. The van der Waals surface area contributed by atoms with E-state index in [1.165, 1.54) is 24.3 Å². The van der Waals surface area contributed by atoms with Crippen molar-refractivity contribution in [1.29, 1.82) is 0 Å². The van der Waals surface area contributed by atoms with Crippen LogP contribution in [0.25, 0.3) is 0 Å². The maximum atomic E-state index is 12.3. The first kappa shape index (κ1) is 18.6. The Hall–Kier alpha value is -1.74. The van der Waals surface area contributed by atoms with Crippen LogP contribution in [-0.2, 0) is 26.5 Å². The molecule has 0 aliphatic heterocycles. The largest absolute Gasteiger partial charge is 0.240 e. The van der Waals surface area contributed by atoms with Crippen LogP contribution >= 0.6 is 0 Å². The smallest absolute Gasteiger partial charge is 0.225 e. The van der Waals surface area contributed by atoms with Gasteiger partial charge in [-0.1, -0.05) is 30.3 Å². The zero-order chi connectivity index (χ0) is 17.8. The van der Waals surface area contributed by atoms with Gasteiger partial charge in [0.2, 0.25) is 20.0 Å². The lowest BCUT2D eigenvalue weighted by Gasteiger charge is -2.14. The van der Waals surface area contributed by atoms with Gasteiger partial charge in [0.15, 0.2) is 0 Å². The first-order valence-corrected chi connectivity index (χ1v) is 10.4. The monoisotopic (exact) mass is 368 g/mol. The summed E-state index contributed by atoms with van der Waals surface area (Å²) in [4.78, 5) is -0.125. The molecule has 1 atom stereocenters. The average Bonchev–Trinajstić information content (AvgIpc) is 2.53. The van der Waals surface area contributed by atoms with Crippen LogP contribution < -0.4 is 9.86 Å². The lowest BCUT2D eigenvalue weighted by Crippen LogP contribution is -2.33. The van der Waals surface area contributed by atoms with Crippen LogP contribution in [-0.4, -0.2) is 22.9 Å². The molecule has 2 rings (SSSR count). The Morgan fingerprint density at radius 3 is 2.00 bits per heavy atom. The molecule has 130 valence electrons. The van der Waals surface area contributed by atoms with Crippen molar-refractivity contribution in [1.82, 2.24) is 4.72 Å². The molecule has 2 aromatic rings. The lowest BCUT2D eigenvalue weighted by molar-refractivity contribution is 0.546. The van der Waals surface area contributed by atoms with E-state index < -0.39 is 20.0 Å². The van der Waals surface area contributed by atoms with Gasteiger partial charge in [0.1, 0.15) is 0 Å². The zero-order valence-corrected chi connectivity index (χ0v) is 14.8. The van der Waals surface area contributed by atoms with Crippen LogP contribution in [0, 0.1) is 0 Å². The summed E-state index contributed by atoms with van der Waals surface area (Å²) in [6, 6.07) is 14.4. The summed E-state index contributed by atoms with van der Waals surface area (Å²) >= 11 is 0. The number of primary sulfonamides is 1. The normalized spacial score (nSPS) is 13.6. The molecule has 0 spiro atoms. The molecule has 0 radical (unpaired) electrons.